The quantitative estimate of drug-likeness (QED) is 0.774. The standard InChI is InChI=1S/C15H14N2O2/c1-18-15-7-6-12(9-17-15)16-8-11-10-19-14-5-3-2-4-13(11)14/h2-7,9-10,16H,8H2,1H3. The first kappa shape index (κ1) is 11.6. The molecule has 0 radical (unpaired) electrons. The lowest BCUT2D eigenvalue weighted by Gasteiger charge is -2.05. The van der Waals surface area contributed by atoms with Crippen LogP contribution in [0, 0.1) is 0 Å². The first-order chi connectivity index (χ1) is 9.36. The molecule has 2 heterocycles. The molecule has 1 N–H and O–H groups in total. The number of aromatic nitrogens is 1. The summed E-state index contributed by atoms with van der Waals surface area (Å²) in [7, 11) is 1.60. The number of ether oxygens (including phenoxy) is 1. The van der Waals surface area contributed by atoms with Gasteiger partial charge in [0.15, 0.2) is 0 Å². The Hall–Kier alpha value is -2.49. The number of furan rings is 1. The van der Waals surface area contributed by atoms with Crippen molar-refractivity contribution in [2.45, 2.75) is 6.54 Å². The summed E-state index contributed by atoms with van der Waals surface area (Å²) < 4.78 is 10.5. The molecule has 0 amide bonds. The fourth-order valence-corrected chi connectivity index (χ4v) is 1.97. The molecule has 0 saturated carbocycles. The summed E-state index contributed by atoms with van der Waals surface area (Å²) in [6.45, 7) is 0.699. The van der Waals surface area contributed by atoms with Crippen molar-refractivity contribution in [1.82, 2.24) is 4.98 Å². The minimum atomic E-state index is 0.610. The summed E-state index contributed by atoms with van der Waals surface area (Å²) in [6.07, 6.45) is 3.54. The van der Waals surface area contributed by atoms with Crippen molar-refractivity contribution in [3.05, 3.63) is 54.4 Å². The summed E-state index contributed by atoms with van der Waals surface area (Å²) in [5, 5.41) is 4.45. The second kappa shape index (κ2) is 5.02. The highest BCUT2D eigenvalue weighted by atomic mass is 16.5. The molecule has 4 nitrogen and oxygen atoms in total. The van der Waals surface area contributed by atoms with E-state index < -0.39 is 0 Å². The van der Waals surface area contributed by atoms with Crippen LogP contribution < -0.4 is 10.1 Å². The van der Waals surface area contributed by atoms with Gasteiger partial charge in [-0.3, -0.25) is 0 Å². The number of para-hydroxylation sites is 1. The van der Waals surface area contributed by atoms with E-state index in [1.807, 2.05) is 30.3 Å². The van der Waals surface area contributed by atoms with Crippen LogP contribution in [0.25, 0.3) is 11.0 Å². The highest BCUT2D eigenvalue weighted by Gasteiger charge is 2.04. The topological polar surface area (TPSA) is 47.3 Å². The Morgan fingerprint density at radius 3 is 2.89 bits per heavy atom. The lowest BCUT2D eigenvalue weighted by molar-refractivity contribution is 0.398. The van der Waals surface area contributed by atoms with Gasteiger partial charge in [-0.15, -0.1) is 0 Å². The number of fused-ring (bicyclic) bond motifs is 1. The minimum absolute atomic E-state index is 0.610. The molecule has 1 aromatic carbocycles. The number of hydrogen-bond acceptors (Lipinski definition) is 4. The molecule has 0 aliphatic heterocycles. The predicted molar refractivity (Wildman–Crippen MR) is 74.3 cm³/mol. The maximum Gasteiger partial charge on any atom is 0.213 e. The van der Waals surface area contributed by atoms with E-state index in [2.05, 4.69) is 16.4 Å². The molecular weight excluding hydrogens is 240 g/mol. The third kappa shape index (κ3) is 2.38. The zero-order chi connectivity index (χ0) is 13.1. The van der Waals surface area contributed by atoms with Crippen LogP contribution in [-0.4, -0.2) is 12.1 Å². The Balaban J connectivity index is 1.74. The second-order valence-electron chi connectivity index (χ2n) is 4.20. The molecule has 0 unspecified atom stereocenters. The zero-order valence-corrected chi connectivity index (χ0v) is 10.6. The minimum Gasteiger partial charge on any atom is -0.481 e. The van der Waals surface area contributed by atoms with E-state index in [1.165, 1.54) is 0 Å². The first-order valence-corrected chi connectivity index (χ1v) is 6.06. The lowest BCUT2D eigenvalue weighted by Crippen LogP contribution is -1.99. The number of rotatable bonds is 4. The molecule has 19 heavy (non-hydrogen) atoms. The molecule has 0 saturated heterocycles. The Morgan fingerprint density at radius 2 is 2.11 bits per heavy atom. The average Bonchev–Trinajstić information content (AvgIpc) is 2.89. The maximum absolute atomic E-state index is 5.50. The van der Waals surface area contributed by atoms with E-state index in [0.29, 0.717) is 12.4 Å². The third-order valence-corrected chi connectivity index (χ3v) is 2.99. The van der Waals surface area contributed by atoms with Crippen LogP contribution in [0.2, 0.25) is 0 Å². The van der Waals surface area contributed by atoms with Gasteiger partial charge < -0.3 is 14.5 Å². The number of nitrogens with zero attached hydrogens (tertiary/aromatic N) is 1. The molecule has 3 rings (SSSR count). The normalized spacial score (nSPS) is 10.6. The molecule has 3 aromatic rings. The van der Waals surface area contributed by atoms with Crippen molar-refractivity contribution in [3.63, 3.8) is 0 Å². The molecule has 0 spiro atoms. The van der Waals surface area contributed by atoms with Gasteiger partial charge in [0, 0.05) is 23.6 Å². The van der Waals surface area contributed by atoms with Crippen molar-refractivity contribution in [1.29, 1.82) is 0 Å². The zero-order valence-electron chi connectivity index (χ0n) is 10.6. The van der Waals surface area contributed by atoms with Gasteiger partial charge in [0.05, 0.1) is 25.3 Å². The molecule has 96 valence electrons. The number of pyridine rings is 1. The van der Waals surface area contributed by atoms with Crippen LogP contribution >= 0.6 is 0 Å². The molecule has 0 aliphatic rings. The summed E-state index contributed by atoms with van der Waals surface area (Å²) in [5.41, 5.74) is 2.99. The summed E-state index contributed by atoms with van der Waals surface area (Å²) in [4.78, 5) is 4.15. The van der Waals surface area contributed by atoms with E-state index >= 15 is 0 Å². The number of hydrogen-bond donors (Lipinski definition) is 1. The van der Waals surface area contributed by atoms with Crippen LogP contribution in [0.15, 0.2) is 53.3 Å². The number of methoxy groups -OCH3 is 1. The highest BCUT2D eigenvalue weighted by Crippen LogP contribution is 2.21. The van der Waals surface area contributed by atoms with Crippen LogP contribution in [0.1, 0.15) is 5.56 Å². The number of nitrogens with one attached hydrogen (secondary N) is 1. The van der Waals surface area contributed by atoms with Gasteiger partial charge in [-0.25, -0.2) is 4.98 Å². The van der Waals surface area contributed by atoms with Crippen LogP contribution in [0.5, 0.6) is 5.88 Å². The van der Waals surface area contributed by atoms with E-state index in [4.69, 9.17) is 9.15 Å². The predicted octanol–water partition coefficient (Wildman–Crippen LogP) is 3.45. The number of benzene rings is 1. The van der Waals surface area contributed by atoms with Crippen molar-refractivity contribution >= 4 is 16.7 Å². The van der Waals surface area contributed by atoms with Gasteiger partial charge in [0.25, 0.3) is 0 Å². The fourth-order valence-electron chi connectivity index (χ4n) is 1.97. The van der Waals surface area contributed by atoms with Crippen molar-refractivity contribution in [3.8, 4) is 5.88 Å². The second-order valence-corrected chi connectivity index (χ2v) is 4.20. The maximum atomic E-state index is 5.50. The molecule has 0 aliphatic carbocycles. The Morgan fingerprint density at radius 1 is 1.21 bits per heavy atom. The highest BCUT2D eigenvalue weighted by molar-refractivity contribution is 5.81. The molecule has 2 aromatic heterocycles. The average molecular weight is 254 g/mol. The van der Waals surface area contributed by atoms with Gasteiger partial charge in [0.1, 0.15) is 5.58 Å². The van der Waals surface area contributed by atoms with Gasteiger partial charge in [-0.05, 0) is 12.1 Å². The molecule has 0 atom stereocenters. The monoisotopic (exact) mass is 254 g/mol. The number of anilines is 1. The molecule has 0 fully saturated rings. The summed E-state index contributed by atoms with van der Waals surface area (Å²) in [5.74, 6) is 0.610. The fraction of sp³-hybridized carbons (Fsp3) is 0.133. The van der Waals surface area contributed by atoms with Crippen molar-refractivity contribution in [2.24, 2.45) is 0 Å². The van der Waals surface area contributed by atoms with Crippen LogP contribution in [0.4, 0.5) is 5.69 Å². The van der Waals surface area contributed by atoms with Gasteiger partial charge in [-0.1, -0.05) is 18.2 Å². The largest absolute Gasteiger partial charge is 0.481 e. The van der Waals surface area contributed by atoms with E-state index in [1.54, 1.807) is 19.6 Å². The molecule has 4 heteroatoms. The SMILES string of the molecule is COc1ccc(NCc2coc3ccccc23)cn1. The Kier molecular flexibility index (Phi) is 3.06. The van der Waals surface area contributed by atoms with Gasteiger partial charge >= 0.3 is 0 Å². The molecular formula is C15H14N2O2. The van der Waals surface area contributed by atoms with Crippen LogP contribution in [-0.2, 0) is 6.54 Å². The van der Waals surface area contributed by atoms with Crippen molar-refractivity contribution in [2.75, 3.05) is 12.4 Å². The van der Waals surface area contributed by atoms with Crippen LogP contribution in [0.3, 0.4) is 0 Å². The van der Waals surface area contributed by atoms with Crippen molar-refractivity contribution < 1.29 is 9.15 Å². The molecule has 0 bridgehead atoms. The van der Waals surface area contributed by atoms with E-state index in [9.17, 15) is 0 Å². The van der Waals surface area contributed by atoms with Gasteiger partial charge in [-0.2, -0.15) is 0 Å². The smallest absolute Gasteiger partial charge is 0.213 e. The Bertz CT molecular complexity index is 674. The third-order valence-electron chi connectivity index (χ3n) is 2.99. The lowest BCUT2D eigenvalue weighted by atomic mass is 10.2. The van der Waals surface area contributed by atoms with E-state index in [0.717, 1.165) is 22.2 Å². The first-order valence-electron chi connectivity index (χ1n) is 6.06. The summed E-state index contributed by atoms with van der Waals surface area (Å²) >= 11 is 0. The summed E-state index contributed by atoms with van der Waals surface area (Å²) in [6, 6.07) is 11.8. The van der Waals surface area contributed by atoms with E-state index in [-0.39, 0.29) is 0 Å². The van der Waals surface area contributed by atoms with Gasteiger partial charge in [0.2, 0.25) is 5.88 Å². The Labute approximate surface area is 111 Å².